The van der Waals surface area contributed by atoms with Gasteiger partial charge >= 0.3 is 0 Å². The van der Waals surface area contributed by atoms with E-state index in [-0.39, 0.29) is 6.04 Å². The molecular weight excluding hydrogens is 286 g/mol. The van der Waals surface area contributed by atoms with Gasteiger partial charge in [0.2, 0.25) is 0 Å². The summed E-state index contributed by atoms with van der Waals surface area (Å²) in [5.74, 6) is 0.634. The van der Waals surface area contributed by atoms with Crippen LogP contribution in [0, 0.1) is 0 Å². The Morgan fingerprint density at radius 2 is 2.00 bits per heavy atom. The number of hydrogen-bond acceptors (Lipinski definition) is 1. The molecule has 1 aliphatic rings. The first-order chi connectivity index (χ1) is 8.74. The number of hydrogen-bond donors (Lipinski definition) is 1. The largest absolute Gasteiger partial charge is 0.324 e. The SMILES string of the molecule is NC(CC1Cc2ccccc21)c1cccc(Br)c1. The molecule has 18 heavy (non-hydrogen) atoms. The molecule has 1 aliphatic carbocycles. The lowest BCUT2D eigenvalue weighted by molar-refractivity contribution is 0.498. The van der Waals surface area contributed by atoms with Crippen LogP contribution in [0.5, 0.6) is 0 Å². The van der Waals surface area contributed by atoms with Crippen molar-refractivity contribution in [1.82, 2.24) is 0 Å². The average Bonchev–Trinajstić information content (AvgIpc) is 2.36. The summed E-state index contributed by atoms with van der Waals surface area (Å²) in [6.45, 7) is 0. The molecule has 0 aliphatic heterocycles. The zero-order valence-corrected chi connectivity index (χ0v) is 11.7. The molecule has 0 heterocycles. The van der Waals surface area contributed by atoms with Gasteiger partial charge in [-0.15, -0.1) is 0 Å². The number of nitrogens with two attached hydrogens (primary N) is 1. The zero-order valence-electron chi connectivity index (χ0n) is 10.1. The van der Waals surface area contributed by atoms with Gasteiger partial charge in [-0.05, 0) is 47.6 Å². The normalized spacial score (nSPS) is 18.9. The number of rotatable bonds is 3. The van der Waals surface area contributed by atoms with Gasteiger partial charge in [-0.1, -0.05) is 52.3 Å². The maximum absolute atomic E-state index is 6.31. The van der Waals surface area contributed by atoms with Gasteiger partial charge in [-0.2, -0.15) is 0 Å². The molecule has 0 amide bonds. The fourth-order valence-corrected chi connectivity index (χ4v) is 3.17. The number of benzene rings is 2. The van der Waals surface area contributed by atoms with Crippen LogP contribution in [0.25, 0.3) is 0 Å². The van der Waals surface area contributed by atoms with E-state index >= 15 is 0 Å². The Morgan fingerprint density at radius 3 is 2.78 bits per heavy atom. The summed E-state index contributed by atoms with van der Waals surface area (Å²) in [5, 5.41) is 0. The third-order valence-electron chi connectivity index (χ3n) is 3.78. The Kier molecular flexibility index (Phi) is 3.23. The number of fused-ring (bicyclic) bond motifs is 1. The van der Waals surface area contributed by atoms with E-state index in [9.17, 15) is 0 Å². The highest BCUT2D eigenvalue weighted by Crippen LogP contribution is 2.40. The molecule has 0 saturated carbocycles. The average molecular weight is 302 g/mol. The molecule has 2 N–H and O–H groups in total. The second-order valence-electron chi connectivity index (χ2n) is 5.00. The van der Waals surface area contributed by atoms with Gasteiger partial charge in [0.25, 0.3) is 0 Å². The summed E-state index contributed by atoms with van der Waals surface area (Å²) in [5.41, 5.74) is 10.5. The lowest BCUT2D eigenvalue weighted by Gasteiger charge is -2.32. The number of halogens is 1. The van der Waals surface area contributed by atoms with Gasteiger partial charge in [0.15, 0.2) is 0 Å². The maximum atomic E-state index is 6.31. The zero-order chi connectivity index (χ0) is 12.5. The molecule has 0 bridgehead atoms. The first kappa shape index (κ1) is 11.9. The topological polar surface area (TPSA) is 26.0 Å². The molecule has 92 valence electrons. The summed E-state index contributed by atoms with van der Waals surface area (Å²) in [6.07, 6.45) is 2.21. The van der Waals surface area contributed by atoms with Gasteiger partial charge in [0.1, 0.15) is 0 Å². The van der Waals surface area contributed by atoms with Crippen LogP contribution < -0.4 is 5.73 Å². The molecule has 2 unspecified atom stereocenters. The minimum absolute atomic E-state index is 0.126. The minimum Gasteiger partial charge on any atom is -0.324 e. The molecule has 2 heteroatoms. The van der Waals surface area contributed by atoms with E-state index in [0.29, 0.717) is 5.92 Å². The summed E-state index contributed by atoms with van der Waals surface area (Å²) in [6, 6.07) is 17.1. The van der Waals surface area contributed by atoms with Gasteiger partial charge in [0.05, 0.1) is 0 Å². The fraction of sp³-hybridized carbons (Fsp3) is 0.250. The molecule has 0 saturated heterocycles. The van der Waals surface area contributed by atoms with E-state index in [1.54, 1.807) is 0 Å². The van der Waals surface area contributed by atoms with E-state index in [2.05, 4.69) is 52.3 Å². The molecule has 0 spiro atoms. The van der Waals surface area contributed by atoms with Gasteiger partial charge in [0, 0.05) is 10.5 Å². The van der Waals surface area contributed by atoms with Gasteiger partial charge in [-0.25, -0.2) is 0 Å². The highest BCUT2D eigenvalue weighted by Gasteiger charge is 2.27. The highest BCUT2D eigenvalue weighted by atomic mass is 79.9. The van der Waals surface area contributed by atoms with Crippen LogP contribution in [0.1, 0.15) is 35.1 Å². The van der Waals surface area contributed by atoms with E-state index < -0.39 is 0 Å². The standard InChI is InChI=1S/C16H16BrN/c17-14-6-3-5-12(9-14)16(18)10-13-8-11-4-1-2-7-15(11)13/h1-7,9,13,16H,8,10,18H2. The van der Waals surface area contributed by atoms with Crippen LogP contribution in [-0.2, 0) is 6.42 Å². The molecular formula is C16H16BrN. The van der Waals surface area contributed by atoms with Crippen LogP contribution in [0.3, 0.4) is 0 Å². The van der Waals surface area contributed by atoms with Crippen molar-refractivity contribution in [2.75, 3.05) is 0 Å². The van der Waals surface area contributed by atoms with Crippen molar-refractivity contribution in [2.45, 2.75) is 24.8 Å². The lowest BCUT2D eigenvalue weighted by Crippen LogP contribution is -2.22. The molecule has 2 aromatic carbocycles. The van der Waals surface area contributed by atoms with Crippen molar-refractivity contribution < 1.29 is 0 Å². The third kappa shape index (κ3) is 2.23. The second-order valence-corrected chi connectivity index (χ2v) is 5.91. The first-order valence-electron chi connectivity index (χ1n) is 6.33. The van der Waals surface area contributed by atoms with Gasteiger partial charge in [-0.3, -0.25) is 0 Å². The Hall–Kier alpha value is -1.12. The minimum atomic E-state index is 0.126. The molecule has 1 nitrogen and oxygen atoms in total. The van der Waals surface area contributed by atoms with Crippen molar-refractivity contribution in [1.29, 1.82) is 0 Å². The molecule has 0 radical (unpaired) electrons. The predicted molar refractivity (Wildman–Crippen MR) is 78.6 cm³/mol. The van der Waals surface area contributed by atoms with E-state index in [4.69, 9.17) is 5.73 Å². The summed E-state index contributed by atoms with van der Waals surface area (Å²) < 4.78 is 1.10. The van der Waals surface area contributed by atoms with Gasteiger partial charge < -0.3 is 5.73 Å². The predicted octanol–water partition coefficient (Wildman–Crippen LogP) is 4.18. The molecule has 3 rings (SSSR count). The summed E-state index contributed by atoms with van der Waals surface area (Å²) in [7, 11) is 0. The third-order valence-corrected chi connectivity index (χ3v) is 4.27. The maximum Gasteiger partial charge on any atom is 0.0301 e. The first-order valence-corrected chi connectivity index (χ1v) is 7.12. The van der Waals surface area contributed by atoms with Crippen molar-refractivity contribution in [3.8, 4) is 0 Å². The van der Waals surface area contributed by atoms with E-state index in [1.807, 2.05) is 12.1 Å². The summed E-state index contributed by atoms with van der Waals surface area (Å²) in [4.78, 5) is 0. The van der Waals surface area contributed by atoms with Crippen molar-refractivity contribution in [2.24, 2.45) is 5.73 Å². The quantitative estimate of drug-likeness (QED) is 0.904. The van der Waals surface area contributed by atoms with Crippen LogP contribution in [-0.4, -0.2) is 0 Å². The van der Waals surface area contributed by atoms with Crippen LogP contribution in [0.15, 0.2) is 53.0 Å². The molecule has 2 aromatic rings. The molecule has 0 fully saturated rings. The van der Waals surface area contributed by atoms with E-state index in [1.165, 1.54) is 23.1 Å². The van der Waals surface area contributed by atoms with Crippen molar-refractivity contribution in [3.63, 3.8) is 0 Å². The summed E-state index contributed by atoms with van der Waals surface area (Å²) >= 11 is 3.50. The monoisotopic (exact) mass is 301 g/mol. The highest BCUT2D eigenvalue weighted by molar-refractivity contribution is 9.10. The Labute approximate surface area is 116 Å². The second kappa shape index (κ2) is 4.87. The van der Waals surface area contributed by atoms with E-state index in [0.717, 1.165) is 10.9 Å². The van der Waals surface area contributed by atoms with Crippen molar-refractivity contribution in [3.05, 3.63) is 69.7 Å². The smallest absolute Gasteiger partial charge is 0.0301 e. The van der Waals surface area contributed by atoms with Crippen LogP contribution >= 0.6 is 15.9 Å². The Morgan fingerprint density at radius 1 is 1.17 bits per heavy atom. The fourth-order valence-electron chi connectivity index (χ4n) is 2.75. The lowest BCUT2D eigenvalue weighted by atomic mass is 9.74. The molecule has 0 aromatic heterocycles. The molecule has 2 atom stereocenters. The Balaban J connectivity index is 1.72. The Bertz CT molecular complexity index is 565. The van der Waals surface area contributed by atoms with Crippen molar-refractivity contribution >= 4 is 15.9 Å². The van der Waals surface area contributed by atoms with Crippen LogP contribution in [0.4, 0.5) is 0 Å². The van der Waals surface area contributed by atoms with Crippen LogP contribution in [0.2, 0.25) is 0 Å².